The fraction of sp³-hybridized carbons (Fsp3) is 0.333. The Balaban J connectivity index is 2.51. The molecular weight excluding hydrogens is 232 g/mol. The first-order valence-electron chi connectivity index (χ1n) is 5.71. The van der Waals surface area contributed by atoms with Crippen LogP contribution in [0.3, 0.4) is 0 Å². The summed E-state index contributed by atoms with van der Waals surface area (Å²) in [6, 6.07) is 3.54. The first kappa shape index (κ1) is 13.8. The molecule has 1 rings (SSSR count). The molecular formula is C12H16N4O2. The largest absolute Gasteiger partial charge is 0.335 e. The minimum atomic E-state index is -0.737. The van der Waals surface area contributed by atoms with Gasteiger partial charge in [-0.25, -0.2) is 5.43 Å². The monoisotopic (exact) mass is 248 g/mol. The zero-order chi connectivity index (χ0) is 13.4. The summed E-state index contributed by atoms with van der Waals surface area (Å²) in [6.45, 7) is 4.62. The number of nitrogens with zero attached hydrogens (tertiary/aromatic N) is 3. The van der Waals surface area contributed by atoms with E-state index in [4.69, 9.17) is 0 Å². The molecule has 0 aliphatic rings. The summed E-state index contributed by atoms with van der Waals surface area (Å²) in [4.78, 5) is 28.4. The number of pyridine rings is 1. The molecule has 0 bridgehead atoms. The number of rotatable bonds is 4. The summed E-state index contributed by atoms with van der Waals surface area (Å²) in [5, 5.41) is 3.70. The van der Waals surface area contributed by atoms with Gasteiger partial charge < -0.3 is 4.90 Å². The minimum absolute atomic E-state index is 0.495. The van der Waals surface area contributed by atoms with E-state index in [1.807, 2.05) is 13.8 Å². The summed E-state index contributed by atoms with van der Waals surface area (Å²) in [6.07, 6.45) is 4.67. The number of carbonyl (C=O) groups excluding carboxylic acids is 2. The first-order valence-corrected chi connectivity index (χ1v) is 5.71. The highest BCUT2D eigenvalue weighted by molar-refractivity contribution is 6.34. The Kier molecular flexibility index (Phi) is 5.50. The topological polar surface area (TPSA) is 74.7 Å². The standard InChI is InChI=1S/C12H16N4O2/c1-3-16(4-2)12(18)11(17)15-14-9-10-6-5-7-13-8-10/h5-9H,3-4H2,1-2H3,(H,15,17)/b14-9-. The quantitative estimate of drug-likeness (QED) is 0.476. The van der Waals surface area contributed by atoms with Crippen LogP contribution in [0, 0.1) is 0 Å². The molecule has 0 radical (unpaired) electrons. The highest BCUT2D eigenvalue weighted by Gasteiger charge is 2.18. The van der Waals surface area contributed by atoms with Crippen LogP contribution < -0.4 is 5.43 Å². The Morgan fingerprint density at radius 3 is 2.72 bits per heavy atom. The lowest BCUT2D eigenvalue weighted by Gasteiger charge is -2.16. The van der Waals surface area contributed by atoms with Crippen LogP contribution in [0.1, 0.15) is 19.4 Å². The molecule has 0 saturated carbocycles. The zero-order valence-corrected chi connectivity index (χ0v) is 10.5. The molecule has 0 spiro atoms. The van der Waals surface area contributed by atoms with Crippen molar-refractivity contribution in [3.05, 3.63) is 30.1 Å². The number of amides is 2. The Labute approximate surface area is 106 Å². The molecule has 0 unspecified atom stereocenters. The van der Waals surface area contributed by atoms with Gasteiger partial charge in [-0.05, 0) is 19.9 Å². The van der Waals surface area contributed by atoms with Crippen LogP contribution in [-0.4, -0.2) is 41.0 Å². The number of likely N-dealkylation sites (N-methyl/N-ethyl adjacent to an activating group) is 1. The molecule has 18 heavy (non-hydrogen) atoms. The highest BCUT2D eigenvalue weighted by Crippen LogP contribution is 1.91. The minimum Gasteiger partial charge on any atom is -0.335 e. The molecule has 1 aromatic rings. The fourth-order valence-electron chi connectivity index (χ4n) is 1.32. The average molecular weight is 248 g/mol. The SMILES string of the molecule is CCN(CC)C(=O)C(=O)N/N=C\c1cccnc1. The van der Waals surface area contributed by atoms with Gasteiger partial charge in [0, 0.05) is 31.0 Å². The predicted octanol–water partition coefficient (Wildman–Crippen LogP) is 0.400. The Bertz CT molecular complexity index is 427. The molecule has 1 heterocycles. The number of hydrazone groups is 1. The van der Waals surface area contributed by atoms with Crippen molar-refractivity contribution in [2.24, 2.45) is 5.10 Å². The second kappa shape index (κ2) is 7.16. The van der Waals surface area contributed by atoms with Gasteiger partial charge in [0.05, 0.1) is 6.21 Å². The van der Waals surface area contributed by atoms with E-state index in [0.29, 0.717) is 13.1 Å². The molecule has 2 amide bonds. The number of hydrogen-bond donors (Lipinski definition) is 1. The van der Waals surface area contributed by atoms with E-state index >= 15 is 0 Å². The maximum absolute atomic E-state index is 11.6. The average Bonchev–Trinajstić information content (AvgIpc) is 2.41. The van der Waals surface area contributed by atoms with Gasteiger partial charge in [0.15, 0.2) is 0 Å². The maximum atomic E-state index is 11.6. The molecule has 0 atom stereocenters. The molecule has 6 heteroatoms. The summed E-state index contributed by atoms with van der Waals surface area (Å²) < 4.78 is 0. The lowest BCUT2D eigenvalue weighted by molar-refractivity contribution is -0.145. The van der Waals surface area contributed by atoms with Gasteiger partial charge >= 0.3 is 11.8 Å². The summed E-state index contributed by atoms with van der Waals surface area (Å²) in [5.74, 6) is -1.32. The third-order valence-electron chi connectivity index (χ3n) is 2.31. The Morgan fingerprint density at radius 1 is 1.44 bits per heavy atom. The van der Waals surface area contributed by atoms with E-state index in [2.05, 4.69) is 15.5 Å². The van der Waals surface area contributed by atoms with Gasteiger partial charge in [-0.2, -0.15) is 5.10 Å². The smallest absolute Gasteiger partial charge is 0.329 e. The van der Waals surface area contributed by atoms with Crippen LogP contribution in [0.2, 0.25) is 0 Å². The van der Waals surface area contributed by atoms with Crippen molar-refractivity contribution < 1.29 is 9.59 Å². The van der Waals surface area contributed by atoms with Crippen LogP contribution in [-0.2, 0) is 9.59 Å². The number of carbonyl (C=O) groups is 2. The third-order valence-corrected chi connectivity index (χ3v) is 2.31. The molecule has 0 aliphatic heterocycles. The van der Waals surface area contributed by atoms with Crippen molar-refractivity contribution in [2.45, 2.75) is 13.8 Å². The maximum Gasteiger partial charge on any atom is 0.329 e. The van der Waals surface area contributed by atoms with E-state index < -0.39 is 11.8 Å². The van der Waals surface area contributed by atoms with Crippen molar-refractivity contribution in [3.8, 4) is 0 Å². The lowest BCUT2D eigenvalue weighted by Crippen LogP contribution is -2.41. The van der Waals surface area contributed by atoms with Gasteiger partial charge in [-0.1, -0.05) is 6.07 Å². The summed E-state index contributed by atoms with van der Waals surface area (Å²) in [7, 11) is 0. The number of aromatic nitrogens is 1. The molecule has 0 fully saturated rings. The summed E-state index contributed by atoms with van der Waals surface area (Å²) >= 11 is 0. The molecule has 0 aliphatic carbocycles. The predicted molar refractivity (Wildman–Crippen MR) is 67.9 cm³/mol. The van der Waals surface area contributed by atoms with Gasteiger partial charge in [-0.3, -0.25) is 14.6 Å². The highest BCUT2D eigenvalue weighted by atomic mass is 16.2. The third kappa shape index (κ3) is 3.97. The summed E-state index contributed by atoms with van der Waals surface area (Å²) in [5.41, 5.74) is 2.94. The molecule has 0 aromatic carbocycles. The zero-order valence-electron chi connectivity index (χ0n) is 10.5. The van der Waals surface area contributed by atoms with E-state index in [9.17, 15) is 9.59 Å². The van der Waals surface area contributed by atoms with E-state index in [1.54, 1.807) is 24.5 Å². The molecule has 0 saturated heterocycles. The van der Waals surface area contributed by atoms with Gasteiger partial charge in [-0.15, -0.1) is 0 Å². The van der Waals surface area contributed by atoms with Crippen LogP contribution >= 0.6 is 0 Å². The first-order chi connectivity index (χ1) is 8.69. The molecule has 1 N–H and O–H groups in total. The van der Waals surface area contributed by atoms with Crippen molar-refractivity contribution >= 4 is 18.0 Å². The van der Waals surface area contributed by atoms with Crippen molar-refractivity contribution in [2.75, 3.05) is 13.1 Å². The number of nitrogens with one attached hydrogen (secondary N) is 1. The van der Waals surface area contributed by atoms with E-state index in [-0.39, 0.29) is 0 Å². The normalized spacial score (nSPS) is 10.3. The van der Waals surface area contributed by atoms with Crippen LogP contribution in [0.5, 0.6) is 0 Å². The molecule has 6 nitrogen and oxygen atoms in total. The fourth-order valence-corrected chi connectivity index (χ4v) is 1.32. The van der Waals surface area contributed by atoms with Gasteiger partial charge in [0.2, 0.25) is 0 Å². The second-order valence-electron chi connectivity index (χ2n) is 3.46. The van der Waals surface area contributed by atoms with Crippen molar-refractivity contribution in [1.82, 2.24) is 15.3 Å². The molecule has 1 aromatic heterocycles. The van der Waals surface area contributed by atoms with Crippen molar-refractivity contribution in [3.63, 3.8) is 0 Å². The Morgan fingerprint density at radius 2 is 2.17 bits per heavy atom. The van der Waals surface area contributed by atoms with Crippen LogP contribution in [0.25, 0.3) is 0 Å². The van der Waals surface area contributed by atoms with Crippen molar-refractivity contribution in [1.29, 1.82) is 0 Å². The van der Waals surface area contributed by atoms with E-state index in [0.717, 1.165) is 5.56 Å². The Hall–Kier alpha value is -2.24. The number of hydrogen-bond acceptors (Lipinski definition) is 4. The molecule has 96 valence electrons. The van der Waals surface area contributed by atoms with E-state index in [1.165, 1.54) is 11.1 Å². The second-order valence-corrected chi connectivity index (χ2v) is 3.46. The van der Waals surface area contributed by atoms with Gasteiger partial charge in [0.25, 0.3) is 0 Å². The van der Waals surface area contributed by atoms with Crippen LogP contribution in [0.4, 0.5) is 0 Å². The van der Waals surface area contributed by atoms with Crippen LogP contribution in [0.15, 0.2) is 29.6 Å². The lowest BCUT2D eigenvalue weighted by atomic mass is 10.3. The van der Waals surface area contributed by atoms with Gasteiger partial charge in [0.1, 0.15) is 0 Å².